The van der Waals surface area contributed by atoms with E-state index < -0.39 is 29.3 Å². The molecule has 0 saturated carbocycles. The van der Waals surface area contributed by atoms with Gasteiger partial charge in [-0.1, -0.05) is 15.9 Å². The van der Waals surface area contributed by atoms with Gasteiger partial charge in [-0.25, -0.2) is 4.39 Å². The van der Waals surface area contributed by atoms with E-state index in [9.17, 15) is 22.4 Å². The summed E-state index contributed by atoms with van der Waals surface area (Å²) in [4.78, 5) is 11.1. The van der Waals surface area contributed by atoms with Crippen LogP contribution in [0, 0.1) is 5.82 Å². The average molecular weight is 301 g/mol. The van der Waals surface area contributed by atoms with Crippen molar-refractivity contribution in [3.63, 3.8) is 0 Å². The van der Waals surface area contributed by atoms with E-state index in [-0.39, 0.29) is 5.33 Å². The maximum Gasteiger partial charge on any atom is 0.573 e. The topological polar surface area (TPSA) is 26.3 Å². The summed E-state index contributed by atoms with van der Waals surface area (Å²) in [7, 11) is 0. The maximum atomic E-state index is 13.1. The molecule has 0 aliphatic heterocycles. The number of carbonyl (C=O) groups is 1. The molecule has 1 rings (SSSR count). The van der Waals surface area contributed by atoms with Crippen molar-refractivity contribution < 1.29 is 27.1 Å². The van der Waals surface area contributed by atoms with Crippen molar-refractivity contribution in [2.75, 3.05) is 5.33 Å². The second-order valence-electron chi connectivity index (χ2n) is 2.75. The Kier molecular flexibility index (Phi) is 3.90. The summed E-state index contributed by atoms with van der Waals surface area (Å²) in [5, 5.41) is -0.181. The van der Waals surface area contributed by atoms with Crippen LogP contribution in [-0.2, 0) is 0 Å². The van der Waals surface area contributed by atoms with Crippen LogP contribution in [-0.4, -0.2) is 17.5 Å². The van der Waals surface area contributed by atoms with Crippen LogP contribution in [0.2, 0.25) is 0 Å². The van der Waals surface area contributed by atoms with Crippen LogP contribution in [0.15, 0.2) is 18.2 Å². The highest BCUT2D eigenvalue weighted by Crippen LogP contribution is 2.25. The Hall–Kier alpha value is -1.11. The lowest BCUT2D eigenvalue weighted by Crippen LogP contribution is -2.17. The molecule has 16 heavy (non-hydrogen) atoms. The molecule has 0 aliphatic carbocycles. The molecule has 1 aromatic carbocycles. The summed E-state index contributed by atoms with van der Waals surface area (Å²) < 4.78 is 52.2. The van der Waals surface area contributed by atoms with Gasteiger partial charge in [0.25, 0.3) is 0 Å². The first-order valence-corrected chi connectivity index (χ1v) is 5.10. The van der Waals surface area contributed by atoms with E-state index in [1.54, 1.807) is 0 Å². The Morgan fingerprint density at radius 1 is 1.38 bits per heavy atom. The first kappa shape index (κ1) is 13.0. The fourth-order valence-electron chi connectivity index (χ4n) is 0.987. The van der Waals surface area contributed by atoms with Crippen LogP contribution in [0.5, 0.6) is 5.75 Å². The van der Waals surface area contributed by atoms with Crippen molar-refractivity contribution in [2.24, 2.45) is 0 Å². The number of benzene rings is 1. The van der Waals surface area contributed by atoms with Gasteiger partial charge in [-0.2, -0.15) is 0 Å². The smallest absolute Gasteiger partial charge is 0.406 e. The lowest BCUT2D eigenvalue weighted by atomic mass is 10.1. The largest absolute Gasteiger partial charge is 0.573 e. The fourth-order valence-corrected chi connectivity index (χ4v) is 1.29. The number of Topliss-reactive ketones (excluding diaryl/α,β-unsaturated/α-hetero) is 1. The van der Waals surface area contributed by atoms with Gasteiger partial charge in [0, 0.05) is 0 Å². The molecule has 0 aromatic heterocycles. The third kappa shape index (κ3) is 3.48. The van der Waals surface area contributed by atoms with Crippen LogP contribution in [0.1, 0.15) is 10.4 Å². The molecule has 0 fully saturated rings. The molecule has 7 heteroatoms. The summed E-state index contributed by atoms with van der Waals surface area (Å²) in [5.41, 5.74) is -0.446. The monoisotopic (exact) mass is 300 g/mol. The van der Waals surface area contributed by atoms with Crippen molar-refractivity contribution in [1.29, 1.82) is 0 Å². The van der Waals surface area contributed by atoms with E-state index >= 15 is 0 Å². The lowest BCUT2D eigenvalue weighted by molar-refractivity contribution is -0.274. The van der Waals surface area contributed by atoms with E-state index in [0.717, 1.165) is 12.1 Å². The van der Waals surface area contributed by atoms with Crippen molar-refractivity contribution in [3.8, 4) is 5.75 Å². The number of hydrogen-bond acceptors (Lipinski definition) is 2. The summed E-state index contributed by atoms with van der Waals surface area (Å²) in [6, 6.07) is 2.26. The summed E-state index contributed by atoms with van der Waals surface area (Å²) >= 11 is 2.79. The summed E-state index contributed by atoms with van der Waals surface area (Å²) in [5.74, 6) is -2.18. The van der Waals surface area contributed by atoms with Crippen LogP contribution >= 0.6 is 15.9 Å². The average Bonchev–Trinajstić information content (AvgIpc) is 2.18. The van der Waals surface area contributed by atoms with Gasteiger partial charge in [0.05, 0.1) is 10.9 Å². The Morgan fingerprint density at radius 3 is 2.50 bits per heavy atom. The minimum Gasteiger partial charge on any atom is -0.406 e. The minimum atomic E-state index is -4.87. The van der Waals surface area contributed by atoms with Crippen LogP contribution in [0.25, 0.3) is 0 Å². The molecule has 0 N–H and O–H groups in total. The quantitative estimate of drug-likeness (QED) is 0.486. The van der Waals surface area contributed by atoms with Gasteiger partial charge >= 0.3 is 6.36 Å². The number of ketones is 1. The van der Waals surface area contributed by atoms with Gasteiger partial charge in [-0.05, 0) is 18.2 Å². The lowest BCUT2D eigenvalue weighted by Gasteiger charge is -2.09. The fraction of sp³-hybridized carbons (Fsp3) is 0.222. The zero-order valence-electron chi connectivity index (χ0n) is 7.65. The SMILES string of the molecule is O=C(CBr)c1cc(OC(F)(F)F)ccc1F. The highest BCUT2D eigenvalue weighted by molar-refractivity contribution is 9.09. The van der Waals surface area contributed by atoms with Gasteiger partial charge < -0.3 is 4.74 Å². The molecule has 0 radical (unpaired) electrons. The predicted octanol–water partition coefficient (Wildman–Crippen LogP) is 3.30. The second kappa shape index (κ2) is 4.82. The van der Waals surface area contributed by atoms with Gasteiger partial charge in [-0.3, -0.25) is 4.79 Å². The molecule has 0 unspecified atom stereocenters. The molecule has 0 spiro atoms. The molecule has 0 heterocycles. The van der Waals surface area contributed by atoms with E-state index in [1.807, 2.05) is 0 Å². The first-order valence-electron chi connectivity index (χ1n) is 3.98. The van der Waals surface area contributed by atoms with Crippen molar-refractivity contribution in [2.45, 2.75) is 6.36 Å². The molecule has 0 atom stereocenters. The number of carbonyl (C=O) groups excluding carboxylic acids is 1. The number of alkyl halides is 4. The Bertz CT molecular complexity index is 403. The Labute approximate surface area is 96.3 Å². The molecule has 0 amide bonds. The summed E-state index contributed by atoms with van der Waals surface area (Å²) in [6.45, 7) is 0. The zero-order chi connectivity index (χ0) is 12.3. The van der Waals surface area contributed by atoms with Gasteiger partial charge in [-0.15, -0.1) is 13.2 Å². The minimum absolute atomic E-state index is 0.181. The standard InChI is InChI=1S/C9H5BrF4O2/c10-4-8(15)6-3-5(1-2-7(6)11)16-9(12,13)14/h1-3H,4H2. The molecular formula is C9H5BrF4O2. The third-order valence-electron chi connectivity index (χ3n) is 1.59. The van der Waals surface area contributed by atoms with Crippen LogP contribution in [0.3, 0.4) is 0 Å². The van der Waals surface area contributed by atoms with E-state index in [2.05, 4.69) is 20.7 Å². The van der Waals surface area contributed by atoms with Gasteiger partial charge in [0.15, 0.2) is 5.78 Å². The highest BCUT2D eigenvalue weighted by Gasteiger charge is 2.31. The van der Waals surface area contributed by atoms with Gasteiger partial charge in [0.2, 0.25) is 0 Å². The molecule has 0 saturated heterocycles. The van der Waals surface area contributed by atoms with E-state index in [1.165, 1.54) is 0 Å². The number of rotatable bonds is 3. The summed E-state index contributed by atoms with van der Waals surface area (Å²) in [6.07, 6.45) is -4.87. The molecule has 0 bridgehead atoms. The second-order valence-corrected chi connectivity index (χ2v) is 3.31. The van der Waals surface area contributed by atoms with E-state index in [4.69, 9.17) is 0 Å². The molecule has 88 valence electrons. The maximum absolute atomic E-state index is 13.1. The predicted molar refractivity (Wildman–Crippen MR) is 51.2 cm³/mol. The van der Waals surface area contributed by atoms with Crippen molar-refractivity contribution in [3.05, 3.63) is 29.6 Å². The molecule has 2 nitrogen and oxygen atoms in total. The number of halogens is 5. The first-order chi connectivity index (χ1) is 7.33. The number of ether oxygens (including phenoxy) is 1. The third-order valence-corrected chi connectivity index (χ3v) is 2.10. The Morgan fingerprint density at radius 2 is 2.00 bits per heavy atom. The molecule has 0 aliphatic rings. The van der Waals surface area contributed by atoms with E-state index in [0.29, 0.717) is 6.07 Å². The normalized spacial score (nSPS) is 11.3. The zero-order valence-corrected chi connectivity index (χ0v) is 9.23. The molecule has 1 aromatic rings. The van der Waals surface area contributed by atoms with Crippen LogP contribution < -0.4 is 4.74 Å². The van der Waals surface area contributed by atoms with Crippen molar-refractivity contribution >= 4 is 21.7 Å². The van der Waals surface area contributed by atoms with Crippen molar-refractivity contribution in [1.82, 2.24) is 0 Å². The molecular weight excluding hydrogens is 296 g/mol. The van der Waals surface area contributed by atoms with Crippen LogP contribution in [0.4, 0.5) is 17.6 Å². The highest BCUT2D eigenvalue weighted by atomic mass is 79.9. The Balaban J connectivity index is 3.03. The number of hydrogen-bond donors (Lipinski definition) is 0. The van der Waals surface area contributed by atoms with Gasteiger partial charge in [0.1, 0.15) is 11.6 Å².